The Hall–Kier alpha value is -2.94. The predicted octanol–water partition coefficient (Wildman–Crippen LogP) is 2.33. The summed E-state index contributed by atoms with van der Waals surface area (Å²) in [4.78, 5) is 30.2. The van der Waals surface area contributed by atoms with E-state index in [-0.39, 0.29) is 25.3 Å². The Morgan fingerprint density at radius 3 is 2.48 bits per heavy atom. The number of thiazole rings is 1. The van der Waals surface area contributed by atoms with Gasteiger partial charge in [0.1, 0.15) is 12.1 Å². The van der Waals surface area contributed by atoms with Gasteiger partial charge in [0, 0.05) is 28.9 Å². The fraction of sp³-hybridized carbons (Fsp3) is 0.227. The summed E-state index contributed by atoms with van der Waals surface area (Å²) in [5.74, 6) is -1.000. The topological polar surface area (TPSA) is 117 Å². The van der Waals surface area contributed by atoms with E-state index in [4.69, 9.17) is 17.3 Å². The molecule has 0 bridgehead atoms. The van der Waals surface area contributed by atoms with Gasteiger partial charge in [0.05, 0.1) is 6.54 Å². The molecule has 2 atom stereocenters. The number of halogens is 1. The number of nitrogen functional groups attached to an aromatic ring is 1. The molecular weight excluding hydrogens is 436 g/mol. The zero-order valence-electron chi connectivity index (χ0n) is 16.6. The molecule has 31 heavy (non-hydrogen) atoms. The lowest BCUT2D eigenvalue weighted by Gasteiger charge is -2.20. The summed E-state index contributed by atoms with van der Waals surface area (Å²) in [6.07, 6.45) is 0.687. The molecule has 2 aromatic carbocycles. The van der Waals surface area contributed by atoms with Gasteiger partial charge < -0.3 is 21.5 Å². The number of aromatic nitrogens is 1. The van der Waals surface area contributed by atoms with E-state index >= 15 is 0 Å². The number of benzene rings is 2. The van der Waals surface area contributed by atoms with Crippen LogP contribution < -0.4 is 16.4 Å². The molecule has 0 aliphatic heterocycles. The van der Waals surface area contributed by atoms with Gasteiger partial charge in [-0.2, -0.15) is 0 Å². The van der Waals surface area contributed by atoms with Crippen molar-refractivity contribution in [3.63, 3.8) is 0 Å². The van der Waals surface area contributed by atoms with Gasteiger partial charge in [-0.1, -0.05) is 54.1 Å². The summed E-state index contributed by atoms with van der Waals surface area (Å²) < 4.78 is 0. The maximum atomic E-state index is 12.8. The second-order valence-electron chi connectivity index (χ2n) is 6.98. The Balaban J connectivity index is 1.67. The molecular formula is C22H23ClN4O3S. The minimum atomic E-state index is -1.28. The predicted molar refractivity (Wildman–Crippen MR) is 122 cm³/mol. The maximum absolute atomic E-state index is 12.8. The highest BCUT2D eigenvalue weighted by atomic mass is 35.5. The molecule has 0 saturated heterocycles. The lowest BCUT2D eigenvalue weighted by Crippen LogP contribution is -2.51. The first-order chi connectivity index (χ1) is 14.9. The van der Waals surface area contributed by atoms with E-state index in [1.807, 2.05) is 36.4 Å². The lowest BCUT2D eigenvalue weighted by atomic mass is 10.0. The third kappa shape index (κ3) is 7.06. The van der Waals surface area contributed by atoms with Crippen molar-refractivity contribution in [3.8, 4) is 0 Å². The average molecular weight is 459 g/mol. The van der Waals surface area contributed by atoms with Gasteiger partial charge in [0.2, 0.25) is 11.8 Å². The molecule has 5 N–H and O–H groups in total. The molecule has 0 aliphatic rings. The first-order valence-electron chi connectivity index (χ1n) is 9.65. The number of carbonyl (C=O) groups is 2. The number of carbonyl (C=O) groups excluding carboxylic acids is 2. The second kappa shape index (κ2) is 10.9. The third-order valence-corrected chi connectivity index (χ3v) is 5.61. The number of amides is 2. The number of aliphatic hydroxyl groups is 1. The number of nitrogens with one attached hydrogen (secondary N) is 2. The van der Waals surface area contributed by atoms with Crippen LogP contribution >= 0.6 is 22.9 Å². The zero-order valence-corrected chi connectivity index (χ0v) is 18.2. The maximum Gasteiger partial charge on any atom is 0.249 e. The highest BCUT2D eigenvalue weighted by Crippen LogP contribution is 2.15. The van der Waals surface area contributed by atoms with E-state index in [2.05, 4.69) is 15.6 Å². The minimum Gasteiger partial charge on any atom is -0.383 e. The van der Waals surface area contributed by atoms with Crippen LogP contribution in [-0.2, 0) is 29.0 Å². The molecule has 2 amide bonds. The summed E-state index contributed by atoms with van der Waals surface area (Å²) in [6.45, 7) is 0.238. The molecule has 162 valence electrons. The Labute approximate surface area is 189 Å². The van der Waals surface area contributed by atoms with Gasteiger partial charge in [0.15, 0.2) is 5.13 Å². The SMILES string of the molecule is Nc1ncc(CNC(=O)[C@H](Cc2cccc(Cl)c2)NC(=O)[C@H](O)Cc2ccccc2)s1. The highest BCUT2D eigenvalue weighted by Gasteiger charge is 2.25. The van der Waals surface area contributed by atoms with Crippen LogP contribution in [0.4, 0.5) is 5.13 Å². The van der Waals surface area contributed by atoms with Gasteiger partial charge in [-0.3, -0.25) is 9.59 Å². The van der Waals surface area contributed by atoms with Crippen LogP contribution in [0.2, 0.25) is 5.02 Å². The van der Waals surface area contributed by atoms with Gasteiger partial charge in [-0.05, 0) is 23.3 Å². The number of hydrogen-bond acceptors (Lipinski definition) is 6. The molecule has 0 unspecified atom stereocenters. The smallest absolute Gasteiger partial charge is 0.249 e. The van der Waals surface area contributed by atoms with Crippen molar-refractivity contribution in [3.05, 3.63) is 81.8 Å². The molecule has 9 heteroatoms. The third-order valence-electron chi connectivity index (χ3n) is 4.54. The van der Waals surface area contributed by atoms with Crippen molar-refractivity contribution in [2.24, 2.45) is 0 Å². The molecule has 1 aromatic heterocycles. The van der Waals surface area contributed by atoms with E-state index in [1.54, 1.807) is 24.4 Å². The van der Waals surface area contributed by atoms with Crippen LogP contribution in [0.5, 0.6) is 0 Å². The number of aliphatic hydroxyl groups excluding tert-OH is 1. The molecule has 7 nitrogen and oxygen atoms in total. The average Bonchev–Trinajstić information content (AvgIpc) is 3.17. The lowest BCUT2D eigenvalue weighted by molar-refractivity contribution is -0.134. The first kappa shape index (κ1) is 22.7. The van der Waals surface area contributed by atoms with Crippen molar-refractivity contribution < 1.29 is 14.7 Å². The molecule has 0 saturated carbocycles. The molecule has 3 rings (SSSR count). The summed E-state index contributed by atoms with van der Waals surface area (Å²) in [7, 11) is 0. The molecule has 0 aliphatic carbocycles. The second-order valence-corrected chi connectivity index (χ2v) is 8.57. The van der Waals surface area contributed by atoms with Crippen LogP contribution in [0.15, 0.2) is 60.8 Å². The summed E-state index contributed by atoms with van der Waals surface area (Å²) in [6, 6.07) is 15.4. The Kier molecular flexibility index (Phi) is 8.00. The summed E-state index contributed by atoms with van der Waals surface area (Å²) in [5.41, 5.74) is 7.23. The zero-order chi connectivity index (χ0) is 22.2. The van der Waals surface area contributed by atoms with Crippen molar-refractivity contribution >= 4 is 39.9 Å². The van der Waals surface area contributed by atoms with Gasteiger partial charge in [-0.15, -0.1) is 11.3 Å². The van der Waals surface area contributed by atoms with E-state index in [9.17, 15) is 14.7 Å². The summed E-state index contributed by atoms with van der Waals surface area (Å²) >= 11 is 7.33. The van der Waals surface area contributed by atoms with Crippen LogP contribution in [0, 0.1) is 0 Å². The number of nitrogens with zero attached hydrogens (tertiary/aromatic N) is 1. The normalized spacial score (nSPS) is 12.7. The number of rotatable bonds is 9. The number of nitrogens with two attached hydrogens (primary N) is 1. The van der Waals surface area contributed by atoms with Crippen molar-refractivity contribution in [1.82, 2.24) is 15.6 Å². The fourth-order valence-electron chi connectivity index (χ4n) is 3.01. The Morgan fingerprint density at radius 1 is 1.06 bits per heavy atom. The highest BCUT2D eigenvalue weighted by molar-refractivity contribution is 7.15. The van der Waals surface area contributed by atoms with E-state index in [0.717, 1.165) is 16.0 Å². The van der Waals surface area contributed by atoms with Gasteiger partial charge in [-0.25, -0.2) is 4.98 Å². The van der Waals surface area contributed by atoms with Crippen molar-refractivity contribution in [2.45, 2.75) is 31.5 Å². The van der Waals surface area contributed by atoms with Crippen LogP contribution in [0.25, 0.3) is 0 Å². The molecule has 0 spiro atoms. The van der Waals surface area contributed by atoms with Crippen molar-refractivity contribution in [1.29, 1.82) is 0 Å². The molecule has 3 aromatic rings. The monoisotopic (exact) mass is 458 g/mol. The van der Waals surface area contributed by atoms with Crippen molar-refractivity contribution in [2.75, 3.05) is 5.73 Å². The largest absolute Gasteiger partial charge is 0.383 e. The molecule has 0 fully saturated rings. The fourth-order valence-corrected chi connectivity index (χ4v) is 3.85. The Morgan fingerprint density at radius 2 is 1.81 bits per heavy atom. The minimum absolute atomic E-state index is 0.151. The molecule has 1 heterocycles. The van der Waals surface area contributed by atoms with Crippen LogP contribution in [0.1, 0.15) is 16.0 Å². The van der Waals surface area contributed by atoms with Gasteiger partial charge >= 0.3 is 0 Å². The number of anilines is 1. The van der Waals surface area contributed by atoms with Crippen LogP contribution in [0.3, 0.4) is 0 Å². The van der Waals surface area contributed by atoms with Crippen LogP contribution in [-0.4, -0.2) is 34.1 Å². The quantitative estimate of drug-likeness (QED) is 0.392. The Bertz CT molecular complexity index is 1030. The number of hydrogen-bond donors (Lipinski definition) is 4. The van der Waals surface area contributed by atoms with E-state index in [0.29, 0.717) is 10.2 Å². The first-order valence-corrected chi connectivity index (χ1v) is 10.8. The summed E-state index contributed by atoms with van der Waals surface area (Å²) in [5, 5.41) is 16.7. The van der Waals surface area contributed by atoms with E-state index in [1.165, 1.54) is 11.3 Å². The molecule has 0 radical (unpaired) electrons. The standard InChI is InChI=1S/C22H23ClN4O3S/c23-16-8-4-7-15(9-16)10-18(20(29)25-12-17-13-26-22(24)31-17)27-21(30)19(28)11-14-5-2-1-3-6-14/h1-9,13,18-19,28H,10-12H2,(H2,24,26)(H,25,29)(H,27,30)/t18-,19+/m0/s1. The van der Waals surface area contributed by atoms with E-state index < -0.39 is 18.1 Å². The van der Waals surface area contributed by atoms with Gasteiger partial charge in [0.25, 0.3) is 0 Å².